The molecule has 1 unspecified atom stereocenters. The highest BCUT2D eigenvalue weighted by Crippen LogP contribution is 2.37. The van der Waals surface area contributed by atoms with Crippen molar-refractivity contribution in [3.05, 3.63) is 23.8 Å². The maximum atomic E-state index is 12.5. The van der Waals surface area contributed by atoms with Crippen LogP contribution < -0.4 is 17.0 Å². The number of thioether (sulfide) groups is 1. The molecule has 1 rings (SSSR count). The lowest BCUT2D eigenvalue weighted by atomic mass is 10.1. The maximum absolute atomic E-state index is 12.5. The molecule has 1 atom stereocenters. The molecule has 0 fully saturated rings. The highest BCUT2D eigenvalue weighted by Gasteiger charge is 2.31. The van der Waals surface area contributed by atoms with Gasteiger partial charge in [-0.2, -0.15) is 13.2 Å². The normalized spacial score (nSPS) is 13.3. The predicted molar refractivity (Wildman–Crippen MR) is 72.7 cm³/mol. The first-order valence-corrected chi connectivity index (χ1v) is 6.68. The van der Waals surface area contributed by atoms with Gasteiger partial charge in [-0.1, -0.05) is 13.8 Å². The van der Waals surface area contributed by atoms with Gasteiger partial charge in [0.1, 0.15) is 0 Å². The summed E-state index contributed by atoms with van der Waals surface area (Å²) in [6.07, 6.45) is -4.44. The molecule has 1 aromatic carbocycles. The number of carbonyl (C=O) groups excluding carboxylic acids is 1. The summed E-state index contributed by atoms with van der Waals surface area (Å²) in [5, 5.41) is -0.529. The molecule has 0 bridgehead atoms. The summed E-state index contributed by atoms with van der Waals surface area (Å²) in [4.78, 5) is 12.0. The van der Waals surface area contributed by atoms with Gasteiger partial charge in [-0.05, 0) is 24.1 Å². The SMILES string of the molecule is CC(C)C(Sc1ccc(C(F)(F)F)cc1N)C(=O)NN. The number of hydrogen-bond donors (Lipinski definition) is 3. The number of halogens is 3. The minimum atomic E-state index is -4.44. The van der Waals surface area contributed by atoms with Crippen molar-refractivity contribution >= 4 is 23.4 Å². The number of nitrogens with two attached hydrogens (primary N) is 2. The highest BCUT2D eigenvalue weighted by molar-refractivity contribution is 8.00. The third-order valence-electron chi connectivity index (χ3n) is 2.60. The van der Waals surface area contributed by atoms with Crippen molar-refractivity contribution in [2.75, 3.05) is 5.73 Å². The zero-order chi connectivity index (χ0) is 15.5. The summed E-state index contributed by atoms with van der Waals surface area (Å²) in [5.74, 6) is 4.64. The van der Waals surface area contributed by atoms with Gasteiger partial charge in [0, 0.05) is 10.6 Å². The molecule has 0 radical (unpaired) electrons. The standard InChI is InChI=1S/C12H16F3N3OS/c1-6(2)10(11(19)18-17)20-9-4-3-7(5-8(9)16)12(13,14)15/h3-6,10H,16-17H2,1-2H3,(H,18,19). The fourth-order valence-electron chi connectivity index (χ4n) is 1.54. The average Bonchev–Trinajstić information content (AvgIpc) is 2.34. The maximum Gasteiger partial charge on any atom is 0.416 e. The molecule has 0 aromatic heterocycles. The number of nitrogens with one attached hydrogen (secondary N) is 1. The Morgan fingerprint density at radius 1 is 1.35 bits per heavy atom. The van der Waals surface area contributed by atoms with Crippen molar-refractivity contribution < 1.29 is 18.0 Å². The van der Waals surface area contributed by atoms with Crippen molar-refractivity contribution in [3.8, 4) is 0 Å². The minimum Gasteiger partial charge on any atom is -0.398 e. The summed E-state index contributed by atoms with van der Waals surface area (Å²) < 4.78 is 37.6. The monoisotopic (exact) mass is 307 g/mol. The molecule has 1 amide bonds. The predicted octanol–water partition coefficient (Wildman–Crippen LogP) is 2.39. The summed E-state index contributed by atoms with van der Waals surface area (Å²) in [6.45, 7) is 3.63. The second-order valence-corrected chi connectivity index (χ2v) is 5.72. The van der Waals surface area contributed by atoms with Gasteiger partial charge in [0.2, 0.25) is 5.91 Å². The Bertz CT molecular complexity index is 491. The van der Waals surface area contributed by atoms with Crippen molar-refractivity contribution in [1.82, 2.24) is 5.43 Å². The lowest BCUT2D eigenvalue weighted by Gasteiger charge is -2.19. The Labute approximate surface area is 119 Å². The van der Waals surface area contributed by atoms with E-state index in [0.29, 0.717) is 4.90 Å². The van der Waals surface area contributed by atoms with Crippen LogP contribution in [0.1, 0.15) is 19.4 Å². The molecular formula is C12H16F3N3OS. The van der Waals surface area contributed by atoms with E-state index >= 15 is 0 Å². The Morgan fingerprint density at radius 3 is 2.35 bits per heavy atom. The Kier molecular flexibility index (Phi) is 5.29. The molecule has 0 heterocycles. The molecule has 8 heteroatoms. The smallest absolute Gasteiger partial charge is 0.398 e. The number of benzene rings is 1. The third-order valence-corrected chi connectivity index (χ3v) is 4.24. The number of carbonyl (C=O) groups is 1. The Morgan fingerprint density at radius 2 is 1.95 bits per heavy atom. The molecule has 1 aromatic rings. The fourth-order valence-corrected chi connectivity index (χ4v) is 2.61. The number of rotatable bonds is 4. The van der Waals surface area contributed by atoms with E-state index in [2.05, 4.69) is 0 Å². The molecule has 20 heavy (non-hydrogen) atoms. The molecule has 0 aliphatic rings. The second kappa shape index (κ2) is 6.36. The molecular weight excluding hydrogens is 291 g/mol. The van der Waals surface area contributed by atoms with Crippen LogP contribution in [-0.4, -0.2) is 11.2 Å². The quantitative estimate of drug-likeness (QED) is 0.262. The number of anilines is 1. The van der Waals surface area contributed by atoms with Gasteiger partial charge in [0.05, 0.1) is 10.8 Å². The van der Waals surface area contributed by atoms with E-state index in [9.17, 15) is 18.0 Å². The number of hydrogen-bond acceptors (Lipinski definition) is 4. The first kappa shape index (κ1) is 16.6. The summed E-state index contributed by atoms with van der Waals surface area (Å²) in [5.41, 5.74) is 6.84. The first-order chi connectivity index (χ1) is 9.16. The summed E-state index contributed by atoms with van der Waals surface area (Å²) in [7, 11) is 0. The van der Waals surface area contributed by atoms with Gasteiger partial charge < -0.3 is 5.73 Å². The van der Waals surface area contributed by atoms with Crippen molar-refractivity contribution in [2.45, 2.75) is 30.2 Å². The number of alkyl halides is 3. The van der Waals surface area contributed by atoms with Gasteiger partial charge in [0.25, 0.3) is 0 Å². The molecule has 0 aliphatic carbocycles. The molecule has 0 saturated carbocycles. The van der Waals surface area contributed by atoms with Gasteiger partial charge >= 0.3 is 6.18 Å². The zero-order valence-corrected chi connectivity index (χ0v) is 11.8. The summed E-state index contributed by atoms with van der Waals surface area (Å²) >= 11 is 1.09. The van der Waals surface area contributed by atoms with Crippen LogP contribution in [0.2, 0.25) is 0 Å². The van der Waals surface area contributed by atoms with Crippen LogP contribution in [0.5, 0.6) is 0 Å². The average molecular weight is 307 g/mol. The van der Waals surface area contributed by atoms with E-state index < -0.39 is 22.9 Å². The molecule has 0 saturated heterocycles. The molecule has 0 spiro atoms. The van der Waals surface area contributed by atoms with Gasteiger partial charge in [-0.25, -0.2) is 5.84 Å². The highest BCUT2D eigenvalue weighted by atomic mass is 32.2. The van der Waals surface area contributed by atoms with Gasteiger partial charge in [-0.3, -0.25) is 10.2 Å². The van der Waals surface area contributed by atoms with Crippen LogP contribution in [-0.2, 0) is 11.0 Å². The molecule has 112 valence electrons. The topological polar surface area (TPSA) is 81.1 Å². The Hall–Kier alpha value is -1.41. The summed E-state index contributed by atoms with van der Waals surface area (Å²) in [6, 6.07) is 3.07. The number of hydrazine groups is 1. The van der Waals surface area contributed by atoms with E-state index in [1.165, 1.54) is 6.07 Å². The fraction of sp³-hybridized carbons (Fsp3) is 0.417. The number of nitrogen functional groups attached to an aromatic ring is 1. The molecule has 5 N–H and O–H groups in total. The van der Waals surface area contributed by atoms with Crippen molar-refractivity contribution in [2.24, 2.45) is 11.8 Å². The van der Waals surface area contributed by atoms with E-state index in [0.717, 1.165) is 23.9 Å². The lowest BCUT2D eigenvalue weighted by molar-refractivity contribution is -0.137. The second-order valence-electron chi connectivity index (χ2n) is 4.54. The molecule has 0 aliphatic heterocycles. The van der Waals surface area contributed by atoms with Crippen LogP contribution >= 0.6 is 11.8 Å². The van der Waals surface area contributed by atoms with E-state index in [-0.39, 0.29) is 11.6 Å². The van der Waals surface area contributed by atoms with Crippen molar-refractivity contribution in [1.29, 1.82) is 0 Å². The Balaban J connectivity index is 3.00. The van der Waals surface area contributed by atoms with Gasteiger partial charge in [-0.15, -0.1) is 11.8 Å². The lowest BCUT2D eigenvalue weighted by Crippen LogP contribution is -2.39. The van der Waals surface area contributed by atoms with Crippen LogP contribution in [0.3, 0.4) is 0 Å². The van der Waals surface area contributed by atoms with Crippen LogP contribution in [0.4, 0.5) is 18.9 Å². The van der Waals surface area contributed by atoms with Crippen LogP contribution in [0.15, 0.2) is 23.1 Å². The van der Waals surface area contributed by atoms with Crippen molar-refractivity contribution in [3.63, 3.8) is 0 Å². The van der Waals surface area contributed by atoms with E-state index in [1.54, 1.807) is 0 Å². The third kappa shape index (κ3) is 4.04. The number of amides is 1. The minimum absolute atomic E-state index is 0.0136. The first-order valence-electron chi connectivity index (χ1n) is 5.80. The molecule has 4 nitrogen and oxygen atoms in total. The van der Waals surface area contributed by atoms with E-state index in [4.69, 9.17) is 11.6 Å². The van der Waals surface area contributed by atoms with Crippen LogP contribution in [0, 0.1) is 5.92 Å². The zero-order valence-electron chi connectivity index (χ0n) is 11.0. The van der Waals surface area contributed by atoms with Crippen LogP contribution in [0.25, 0.3) is 0 Å². The van der Waals surface area contributed by atoms with E-state index in [1.807, 2.05) is 19.3 Å². The largest absolute Gasteiger partial charge is 0.416 e. The van der Waals surface area contributed by atoms with Gasteiger partial charge in [0.15, 0.2) is 0 Å².